The Labute approximate surface area is 244 Å². The normalized spacial score (nSPS) is 15.4. The van der Waals surface area contributed by atoms with E-state index < -0.39 is 17.6 Å². The average molecular weight is 602 g/mol. The third-order valence-corrected chi connectivity index (χ3v) is 9.76. The van der Waals surface area contributed by atoms with Gasteiger partial charge in [-0.05, 0) is 55.7 Å². The molecule has 1 amide bonds. The van der Waals surface area contributed by atoms with Crippen molar-refractivity contribution in [1.29, 1.82) is 0 Å². The molecule has 1 aromatic heterocycles. The van der Waals surface area contributed by atoms with Crippen LogP contribution in [0.15, 0.2) is 64.4 Å². The quantitative estimate of drug-likeness (QED) is 0.210. The predicted molar refractivity (Wildman–Crippen MR) is 153 cm³/mol. The third-order valence-electron chi connectivity index (χ3n) is 7.81. The van der Waals surface area contributed by atoms with Gasteiger partial charge in [0, 0.05) is 27.9 Å². The van der Waals surface area contributed by atoms with E-state index in [4.69, 9.17) is 27.9 Å². The van der Waals surface area contributed by atoms with E-state index in [1.54, 1.807) is 17.9 Å². The molecule has 0 N–H and O–H groups in total. The van der Waals surface area contributed by atoms with Crippen LogP contribution >= 0.6 is 35.0 Å². The minimum Gasteiger partial charge on any atom is -0.462 e. The molecule has 0 saturated heterocycles. The van der Waals surface area contributed by atoms with E-state index in [9.17, 15) is 9.59 Å². The van der Waals surface area contributed by atoms with Gasteiger partial charge in [0.25, 0.3) is 0 Å². The number of carbonyl (C=O) groups is 2. The van der Waals surface area contributed by atoms with Gasteiger partial charge in [-0.3, -0.25) is 4.79 Å². The second kappa shape index (κ2) is 10.4. The summed E-state index contributed by atoms with van der Waals surface area (Å²) in [6.45, 7) is 2.07. The molecule has 206 valence electrons. The number of halogens is 4. The molecule has 0 unspecified atom stereocenters. The van der Waals surface area contributed by atoms with E-state index in [1.807, 2.05) is 18.2 Å². The van der Waals surface area contributed by atoms with Gasteiger partial charge in [-0.2, -0.15) is 0 Å². The number of nitrogens with zero attached hydrogens (tertiary/aromatic N) is 2. The fourth-order valence-electron chi connectivity index (χ4n) is 5.74. The fourth-order valence-corrected chi connectivity index (χ4v) is 7.28. The zero-order valence-electron chi connectivity index (χ0n) is 21.5. The maximum Gasteiger partial charge on any atom is 0.341 e. The average Bonchev–Trinajstić information content (AvgIpc) is 3.41. The van der Waals surface area contributed by atoms with Crippen molar-refractivity contribution in [3.8, 4) is 0 Å². The molecular formula is C30H24Cl2F2N2O3S. The molecule has 0 atom stereocenters. The van der Waals surface area contributed by atoms with Crippen LogP contribution in [0.5, 0.6) is 0 Å². The number of fused-ring (bicyclic) bond motifs is 3. The molecule has 2 aliphatic rings. The first kappa shape index (κ1) is 27.1. The van der Waals surface area contributed by atoms with Crippen LogP contribution in [0.2, 0.25) is 10.2 Å². The van der Waals surface area contributed by atoms with Crippen LogP contribution < -0.4 is 4.90 Å². The molecule has 5 nitrogen and oxygen atoms in total. The highest BCUT2D eigenvalue weighted by Gasteiger charge is 2.48. The molecule has 40 heavy (non-hydrogen) atoms. The number of anilines is 1. The third kappa shape index (κ3) is 4.28. The first-order valence-electron chi connectivity index (χ1n) is 12.9. The van der Waals surface area contributed by atoms with Gasteiger partial charge in [0.15, 0.2) is 11.6 Å². The van der Waals surface area contributed by atoms with Crippen LogP contribution in [0.1, 0.15) is 42.1 Å². The number of hydrogen-bond acceptors (Lipinski definition) is 4. The maximum absolute atomic E-state index is 15.5. The summed E-state index contributed by atoms with van der Waals surface area (Å²) in [7, 11) is 0. The van der Waals surface area contributed by atoms with E-state index in [0.29, 0.717) is 16.8 Å². The van der Waals surface area contributed by atoms with E-state index in [-0.39, 0.29) is 50.6 Å². The Bertz CT molecular complexity index is 1690. The summed E-state index contributed by atoms with van der Waals surface area (Å²) < 4.78 is 37.2. The van der Waals surface area contributed by atoms with Crippen LogP contribution in [0.4, 0.5) is 14.5 Å². The van der Waals surface area contributed by atoms with E-state index in [0.717, 1.165) is 36.7 Å². The van der Waals surface area contributed by atoms with Crippen molar-refractivity contribution in [2.75, 3.05) is 18.1 Å². The minimum atomic E-state index is -0.783. The number of ether oxygens (including phenoxy) is 1. The molecule has 6 rings (SSSR count). The van der Waals surface area contributed by atoms with E-state index >= 15 is 8.78 Å². The van der Waals surface area contributed by atoms with Gasteiger partial charge in [-0.1, -0.05) is 65.7 Å². The summed E-state index contributed by atoms with van der Waals surface area (Å²) in [5, 5.41) is 0.326. The van der Waals surface area contributed by atoms with Crippen molar-refractivity contribution in [2.45, 2.75) is 47.9 Å². The van der Waals surface area contributed by atoms with Gasteiger partial charge in [0.2, 0.25) is 5.91 Å². The van der Waals surface area contributed by atoms with Crippen LogP contribution in [0.3, 0.4) is 0 Å². The Morgan fingerprint density at radius 1 is 1.02 bits per heavy atom. The molecular weight excluding hydrogens is 577 g/mol. The maximum atomic E-state index is 15.5. The van der Waals surface area contributed by atoms with E-state index in [1.165, 1.54) is 34.4 Å². The van der Waals surface area contributed by atoms with Crippen molar-refractivity contribution in [1.82, 2.24) is 4.57 Å². The summed E-state index contributed by atoms with van der Waals surface area (Å²) in [6, 6.07) is 15.3. The Kier molecular flexibility index (Phi) is 7.05. The summed E-state index contributed by atoms with van der Waals surface area (Å²) in [5.41, 5.74) is 1.84. The summed E-state index contributed by atoms with van der Waals surface area (Å²) in [6.07, 6.45) is 3.15. The zero-order valence-corrected chi connectivity index (χ0v) is 23.8. The number of esters is 1. The molecule has 0 bridgehead atoms. The zero-order chi connectivity index (χ0) is 28.2. The fraction of sp³-hybridized carbons (Fsp3) is 0.267. The molecule has 1 spiro atoms. The summed E-state index contributed by atoms with van der Waals surface area (Å²) in [5.74, 6) is -2.51. The molecule has 4 aromatic rings. The number of amides is 1. The highest BCUT2D eigenvalue weighted by Crippen LogP contribution is 2.52. The number of aromatic nitrogens is 1. The highest BCUT2D eigenvalue weighted by atomic mass is 35.5. The van der Waals surface area contributed by atoms with Crippen LogP contribution in [-0.4, -0.2) is 29.6 Å². The smallest absolute Gasteiger partial charge is 0.341 e. The standard InChI is InChI=1S/C30H24Cl2F2N2O3S/c1-2-39-29(38)17-7-5-10-22(24(17)33)40-27-18-11-12-20(31)25(34)26(18)35(28(27)32)15-23(37)36-16-30(13-6-14-30)19-8-3-4-9-21(19)36/h3-5,7-12H,2,6,13-16H2,1H3. The summed E-state index contributed by atoms with van der Waals surface area (Å²) >= 11 is 13.9. The largest absolute Gasteiger partial charge is 0.462 e. The van der Waals surface area contributed by atoms with Gasteiger partial charge >= 0.3 is 5.97 Å². The molecule has 0 radical (unpaired) electrons. The van der Waals surface area contributed by atoms with Crippen LogP contribution in [0.25, 0.3) is 10.9 Å². The van der Waals surface area contributed by atoms with Gasteiger partial charge in [0.1, 0.15) is 11.7 Å². The Morgan fingerprint density at radius 2 is 1.80 bits per heavy atom. The topological polar surface area (TPSA) is 51.5 Å². The number of carbonyl (C=O) groups excluding carboxylic acids is 2. The number of hydrogen-bond donors (Lipinski definition) is 0. The second-order valence-electron chi connectivity index (χ2n) is 10.0. The Hall–Kier alpha value is -3.07. The van der Waals surface area contributed by atoms with Crippen molar-refractivity contribution >= 4 is 63.4 Å². The molecule has 1 fully saturated rings. The van der Waals surface area contributed by atoms with Gasteiger partial charge < -0.3 is 14.2 Å². The van der Waals surface area contributed by atoms with Gasteiger partial charge in [-0.25, -0.2) is 13.6 Å². The Balaban J connectivity index is 1.39. The highest BCUT2D eigenvalue weighted by molar-refractivity contribution is 7.99. The molecule has 1 aliphatic heterocycles. The van der Waals surface area contributed by atoms with E-state index in [2.05, 4.69) is 6.07 Å². The first-order valence-corrected chi connectivity index (χ1v) is 14.5. The molecule has 3 aromatic carbocycles. The Morgan fingerprint density at radius 3 is 2.52 bits per heavy atom. The lowest BCUT2D eigenvalue weighted by molar-refractivity contribution is -0.119. The van der Waals surface area contributed by atoms with Crippen molar-refractivity contribution in [3.05, 3.63) is 87.5 Å². The first-order chi connectivity index (χ1) is 19.3. The lowest BCUT2D eigenvalue weighted by Gasteiger charge is -2.39. The predicted octanol–water partition coefficient (Wildman–Crippen LogP) is 8.02. The van der Waals surface area contributed by atoms with Gasteiger partial charge in [0.05, 0.1) is 27.6 Å². The monoisotopic (exact) mass is 600 g/mol. The second-order valence-corrected chi connectivity index (χ2v) is 11.9. The molecule has 10 heteroatoms. The SMILES string of the molecule is CCOC(=O)c1cccc(Sc2c(Cl)n(CC(=O)N3CC4(CCC4)c4ccccc43)c3c(F)c(Cl)ccc23)c1F. The number of rotatable bonds is 6. The van der Waals surface area contributed by atoms with Crippen molar-refractivity contribution < 1.29 is 23.1 Å². The summed E-state index contributed by atoms with van der Waals surface area (Å²) in [4.78, 5) is 28.2. The molecule has 1 aliphatic carbocycles. The van der Waals surface area contributed by atoms with Crippen LogP contribution in [0, 0.1) is 11.6 Å². The minimum absolute atomic E-state index is 0.0359. The molecule has 1 saturated carbocycles. The van der Waals surface area contributed by atoms with Crippen LogP contribution in [-0.2, 0) is 21.5 Å². The lowest BCUT2D eigenvalue weighted by atomic mass is 9.66. The lowest BCUT2D eigenvalue weighted by Crippen LogP contribution is -2.42. The van der Waals surface area contributed by atoms with Crippen molar-refractivity contribution in [2.24, 2.45) is 0 Å². The van der Waals surface area contributed by atoms with Gasteiger partial charge in [-0.15, -0.1) is 0 Å². The number of para-hydroxylation sites is 1. The van der Waals surface area contributed by atoms with Crippen molar-refractivity contribution in [3.63, 3.8) is 0 Å². The number of benzene rings is 3. The molecule has 2 heterocycles.